The van der Waals surface area contributed by atoms with Crippen LogP contribution in [-0.4, -0.2) is 33.8 Å². The van der Waals surface area contributed by atoms with E-state index in [9.17, 15) is 9.59 Å². The fourth-order valence-corrected chi connectivity index (χ4v) is 5.01. The van der Waals surface area contributed by atoms with E-state index in [2.05, 4.69) is 36.6 Å². The average Bonchev–Trinajstić information content (AvgIpc) is 3.18. The highest BCUT2D eigenvalue weighted by Gasteiger charge is 2.35. The molecule has 0 unspecified atom stereocenters. The molecule has 1 aliphatic heterocycles. The van der Waals surface area contributed by atoms with E-state index in [1.807, 2.05) is 26.0 Å². The summed E-state index contributed by atoms with van der Waals surface area (Å²) in [6.07, 6.45) is 1.81. The van der Waals surface area contributed by atoms with Crippen LogP contribution in [0.4, 0.5) is 4.79 Å². The predicted molar refractivity (Wildman–Crippen MR) is 134 cm³/mol. The van der Waals surface area contributed by atoms with Crippen molar-refractivity contribution >= 4 is 40.6 Å². The molecule has 2 heterocycles. The molecular weight excluding hydrogens is 456 g/mol. The number of aromatic nitrogens is 1. The molecule has 7 heteroatoms. The van der Waals surface area contributed by atoms with Crippen molar-refractivity contribution in [1.82, 2.24) is 9.47 Å². The van der Waals surface area contributed by atoms with Gasteiger partial charge in [0.2, 0.25) is 0 Å². The molecule has 0 N–H and O–H groups in total. The van der Waals surface area contributed by atoms with E-state index in [0.717, 1.165) is 34.4 Å². The highest BCUT2D eigenvalue weighted by Crippen LogP contribution is 2.34. The number of hydrogen-bond donors (Lipinski definition) is 0. The third-order valence-corrected chi connectivity index (χ3v) is 6.65. The molecule has 2 aromatic carbocycles. The van der Waals surface area contributed by atoms with Crippen molar-refractivity contribution in [3.63, 3.8) is 0 Å². The number of carbonyl (C=O) groups is 2. The van der Waals surface area contributed by atoms with E-state index >= 15 is 0 Å². The van der Waals surface area contributed by atoms with E-state index < -0.39 is 0 Å². The molecule has 4 rings (SSSR count). The predicted octanol–water partition coefficient (Wildman–Crippen LogP) is 6.48. The van der Waals surface area contributed by atoms with Gasteiger partial charge >= 0.3 is 0 Å². The minimum atomic E-state index is -0.291. The first-order valence-corrected chi connectivity index (χ1v) is 11.8. The highest BCUT2D eigenvalue weighted by atomic mass is 35.5. The topological polar surface area (TPSA) is 51.5 Å². The standard InChI is InChI=1S/C26H25ClN2O3S/c1-16-11-17(2)13-22(12-16)29-18(3)14-20(19(29)4)15-24-25(30)28(26(31)33-24)9-10-32-23-7-5-21(27)6-8-23/h5-8,11-15H,9-10H2,1-4H3/b24-15-. The Balaban J connectivity index is 1.51. The summed E-state index contributed by atoms with van der Waals surface area (Å²) in [5, 5.41) is 0.337. The Labute approximate surface area is 203 Å². The Morgan fingerprint density at radius 2 is 1.64 bits per heavy atom. The lowest BCUT2D eigenvalue weighted by molar-refractivity contribution is -0.123. The number of aryl methyl sites for hydroxylation is 3. The number of halogens is 1. The van der Waals surface area contributed by atoms with Gasteiger partial charge in [0.25, 0.3) is 11.1 Å². The summed E-state index contributed by atoms with van der Waals surface area (Å²) >= 11 is 6.84. The van der Waals surface area contributed by atoms with Crippen molar-refractivity contribution in [1.29, 1.82) is 0 Å². The maximum absolute atomic E-state index is 12.9. The Morgan fingerprint density at radius 3 is 2.30 bits per heavy atom. The number of carbonyl (C=O) groups excluding carboxylic acids is 2. The number of ether oxygens (including phenoxy) is 1. The molecule has 33 heavy (non-hydrogen) atoms. The van der Waals surface area contributed by atoms with Gasteiger partial charge in [-0.15, -0.1) is 0 Å². The molecule has 0 aliphatic carbocycles. The Hall–Kier alpha value is -2.96. The molecule has 0 spiro atoms. The monoisotopic (exact) mass is 480 g/mol. The zero-order valence-electron chi connectivity index (χ0n) is 19.0. The SMILES string of the molecule is Cc1cc(C)cc(-n2c(C)cc(/C=C3\SC(=O)N(CCOc4ccc(Cl)cc4)C3=O)c2C)c1. The van der Waals surface area contributed by atoms with E-state index in [1.54, 1.807) is 24.3 Å². The first-order chi connectivity index (χ1) is 15.7. The fraction of sp³-hybridized carbons (Fsp3) is 0.231. The number of thioether (sulfide) groups is 1. The number of hydrogen-bond acceptors (Lipinski definition) is 4. The van der Waals surface area contributed by atoms with Crippen LogP contribution in [0.3, 0.4) is 0 Å². The van der Waals surface area contributed by atoms with Crippen LogP contribution in [0.2, 0.25) is 5.02 Å². The van der Waals surface area contributed by atoms with Crippen LogP contribution in [-0.2, 0) is 4.79 Å². The third kappa shape index (κ3) is 5.02. The van der Waals surface area contributed by atoms with E-state index in [1.165, 1.54) is 16.0 Å². The summed E-state index contributed by atoms with van der Waals surface area (Å²) in [7, 11) is 0. The van der Waals surface area contributed by atoms with Gasteiger partial charge in [0.15, 0.2) is 0 Å². The van der Waals surface area contributed by atoms with Crippen LogP contribution < -0.4 is 4.74 Å². The van der Waals surface area contributed by atoms with Crippen LogP contribution in [0, 0.1) is 27.7 Å². The van der Waals surface area contributed by atoms with Crippen molar-refractivity contribution in [3.05, 3.63) is 86.5 Å². The second kappa shape index (κ2) is 9.49. The lowest BCUT2D eigenvalue weighted by atomic mass is 10.1. The molecule has 2 amide bonds. The van der Waals surface area contributed by atoms with Crippen molar-refractivity contribution in [2.24, 2.45) is 0 Å². The number of imide groups is 1. The van der Waals surface area contributed by atoms with Gasteiger partial charge < -0.3 is 9.30 Å². The van der Waals surface area contributed by atoms with Crippen molar-refractivity contribution in [2.75, 3.05) is 13.2 Å². The van der Waals surface area contributed by atoms with Crippen LogP contribution in [0.15, 0.2) is 53.4 Å². The highest BCUT2D eigenvalue weighted by molar-refractivity contribution is 8.18. The molecule has 5 nitrogen and oxygen atoms in total. The molecule has 0 radical (unpaired) electrons. The summed E-state index contributed by atoms with van der Waals surface area (Å²) in [6, 6.07) is 15.4. The van der Waals surface area contributed by atoms with Crippen LogP contribution in [0.25, 0.3) is 11.8 Å². The molecule has 0 atom stereocenters. The first kappa shape index (κ1) is 23.2. The Kier molecular flexibility index (Phi) is 6.68. The van der Waals surface area contributed by atoms with E-state index in [4.69, 9.17) is 16.3 Å². The smallest absolute Gasteiger partial charge is 0.293 e. The van der Waals surface area contributed by atoms with Crippen LogP contribution in [0.5, 0.6) is 5.75 Å². The lowest BCUT2D eigenvalue weighted by Gasteiger charge is -2.13. The van der Waals surface area contributed by atoms with Gasteiger partial charge in [0.1, 0.15) is 12.4 Å². The Bertz CT molecular complexity index is 1240. The second-order valence-corrected chi connectivity index (χ2v) is 9.57. The van der Waals surface area contributed by atoms with E-state index in [-0.39, 0.29) is 24.3 Å². The molecule has 0 bridgehead atoms. The number of nitrogens with zero attached hydrogens (tertiary/aromatic N) is 2. The van der Waals surface area contributed by atoms with Crippen molar-refractivity contribution in [2.45, 2.75) is 27.7 Å². The van der Waals surface area contributed by atoms with Crippen molar-refractivity contribution in [3.8, 4) is 11.4 Å². The normalized spacial score (nSPS) is 15.1. The zero-order valence-corrected chi connectivity index (χ0v) is 20.6. The maximum Gasteiger partial charge on any atom is 0.293 e. The first-order valence-electron chi connectivity index (χ1n) is 10.6. The minimum Gasteiger partial charge on any atom is -0.492 e. The minimum absolute atomic E-state index is 0.187. The average molecular weight is 481 g/mol. The van der Waals surface area contributed by atoms with Gasteiger partial charge in [0, 0.05) is 22.1 Å². The Morgan fingerprint density at radius 1 is 0.970 bits per heavy atom. The number of amides is 2. The van der Waals surface area contributed by atoms with Crippen molar-refractivity contribution < 1.29 is 14.3 Å². The van der Waals surface area contributed by atoms with Gasteiger partial charge in [-0.05, 0) is 105 Å². The summed E-state index contributed by atoms with van der Waals surface area (Å²) in [6.45, 7) is 8.64. The zero-order chi connectivity index (χ0) is 23.7. The molecule has 170 valence electrons. The van der Waals surface area contributed by atoms with E-state index in [0.29, 0.717) is 15.7 Å². The molecule has 1 aromatic heterocycles. The summed E-state index contributed by atoms with van der Waals surface area (Å²) in [5.74, 6) is 0.349. The lowest BCUT2D eigenvalue weighted by Crippen LogP contribution is -2.32. The van der Waals surface area contributed by atoms with Crippen LogP contribution in [0.1, 0.15) is 28.1 Å². The second-order valence-electron chi connectivity index (χ2n) is 8.14. The molecule has 0 saturated carbocycles. The summed E-state index contributed by atoms with van der Waals surface area (Å²) in [4.78, 5) is 27.0. The molecular formula is C26H25ClN2O3S. The van der Waals surface area contributed by atoms with Crippen LogP contribution >= 0.6 is 23.4 Å². The van der Waals surface area contributed by atoms with Gasteiger partial charge in [-0.2, -0.15) is 0 Å². The van der Waals surface area contributed by atoms with Gasteiger partial charge in [-0.1, -0.05) is 17.7 Å². The number of benzene rings is 2. The largest absolute Gasteiger partial charge is 0.492 e. The fourth-order valence-electron chi connectivity index (χ4n) is 4.03. The van der Waals surface area contributed by atoms with Gasteiger partial charge in [-0.3, -0.25) is 14.5 Å². The molecule has 1 aliphatic rings. The molecule has 1 fully saturated rings. The maximum atomic E-state index is 12.9. The quantitative estimate of drug-likeness (QED) is 0.379. The summed E-state index contributed by atoms with van der Waals surface area (Å²) in [5.41, 5.74) is 6.50. The molecule has 3 aromatic rings. The molecule has 1 saturated heterocycles. The number of rotatable bonds is 6. The van der Waals surface area contributed by atoms with Gasteiger partial charge in [-0.25, -0.2) is 0 Å². The third-order valence-electron chi connectivity index (χ3n) is 5.49. The summed E-state index contributed by atoms with van der Waals surface area (Å²) < 4.78 is 7.82. The van der Waals surface area contributed by atoms with Gasteiger partial charge in [0.05, 0.1) is 11.4 Å².